The van der Waals surface area contributed by atoms with Crippen LogP contribution >= 0.6 is 0 Å². The zero-order valence-corrected chi connectivity index (χ0v) is 24.8. The Kier molecular flexibility index (Phi) is 16.1. The summed E-state index contributed by atoms with van der Waals surface area (Å²) < 4.78 is 22.2. The second-order valence-corrected chi connectivity index (χ2v) is 9.84. The average molecular weight is 557 g/mol. The number of hydrogen-bond acceptors (Lipinski definition) is 6. The molecule has 0 radical (unpaired) electrons. The van der Waals surface area contributed by atoms with Crippen molar-refractivity contribution in [2.24, 2.45) is 0 Å². The molecule has 0 aliphatic carbocycles. The van der Waals surface area contributed by atoms with E-state index in [4.69, 9.17) is 18.9 Å². The van der Waals surface area contributed by atoms with Crippen LogP contribution in [0.2, 0.25) is 0 Å². The summed E-state index contributed by atoms with van der Waals surface area (Å²) in [6.45, 7) is 6.34. The molecule has 0 unspecified atom stereocenters. The summed E-state index contributed by atoms with van der Waals surface area (Å²) in [6.07, 6.45) is 8.79. The minimum absolute atomic E-state index is 0.0580. The molecule has 0 bridgehead atoms. The molecule has 0 spiro atoms. The molecule has 0 aromatic heterocycles. The predicted octanol–water partition coefficient (Wildman–Crippen LogP) is 6.33. The highest BCUT2D eigenvalue weighted by Crippen LogP contribution is 2.29. The Bertz CT molecular complexity index is 945. The number of methoxy groups -OCH3 is 2. The molecule has 2 rings (SSSR count). The van der Waals surface area contributed by atoms with E-state index in [0.717, 1.165) is 74.0 Å². The fourth-order valence-corrected chi connectivity index (χ4v) is 4.16. The third-order valence-corrected chi connectivity index (χ3v) is 6.42. The number of benzene rings is 2. The third-order valence-electron chi connectivity index (χ3n) is 6.42. The highest BCUT2D eigenvalue weighted by molar-refractivity contribution is 5.76. The zero-order chi connectivity index (χ0) is 29.0. The van der Waals surface area contributed by atoms with E-state index < -0.39 is 0 Å². The molecule has 0 heterocycles. The fraction of sp³-hybridized carbons (Fsp3) is 0.562. The monoisotopic (exact) mass is 556 g/mol. The molecular formula is C32H48N2O6. The van der Waals surface area contributed by atoms with Gasteiger partial charge in [0.15, 0.2) is 23.0 Å². The van der Waals surface area contributed by atoms with Crippen LogP contribution in [0.25, 0.3) is 0 Å². The number of unbranched alkanes of at least 4 members (excludes halogenated alkanes) is 5. The lowest BCUT2D eigenvalue weighted by atomic mass is 10.1. The minimum atomic E-state index is 0.0580. The van der Waals surface area contributed by atoms with Gasteiger partial charge in [0.2, 0.25) is 11.8 Å². The Labute approximate surface area is 240 Å². The van der Waals surface area contributed by atoms with E-state index in [1.807, 2.05) is 36.4 Å². The Morgan fingerprint density at radius 1 is 0.600 bits per heavy atom. The lowest BCUT2D eigenvalue weighted by molar-refractivity contribution is -0.122. The molecule has 8 nitrogen and oxygen atoms in total. The van der Waals surface area contributed by atoms with Gasteiger partial charge < -0.3 is 29.6 Å². The maximum Gasteiger partial charge on any atom is 0.220 e. The van der Waals surface area contributed by atoms with Crippen molar-refractivity contribution in [2.45, 2.75) is 91.1 Å². The highest BCUT2D eigenvalue weighted by Gasteiger charge is 2.09. The number of rotatable bonds is 21. The Morgan fingerprint density at radius 3 is 1.38 bits per heavy atom. The molecule has 8 heteroatoms. The van der Waals surface area contributed by atoms with Gasteiger partial charge in [-0.05, 0) is 61.1 Å². The molecule has 2 aromatic rings. The van der Waals surface area contributed by atoms with Crippen LogP contribution in [0, 0.1) is 0 Å². The molecule has 0 aliphatic heterocycles. The van der Waals surface area contributed by atoms with E-state index in [1.54, 1.807) is 14.2 Å². The molecule has 2 aromatic carbocycles. The van der Waals surface area contributed by atoms with Crippen LogP contribution in [0.15, 0.2) is 36.4 Å². The molecule has 0 atom stereocenters. The third kappa shape index (κ3) is 12.6. The van der Waals surface area contributed by atoms with Crippen molar-refractivity contribution in [1.82, 2.24) is 10.6 Å². The summed E-state index contributed by atoms with van der Waals surface area (Å²) in [4.78, 5) is 24.4. The summed E-state index contributed by atoms with van der Waals surface area (Å²) >= 11 is 0. The van der Waals surface area contributed by atoms with Gasteiger partial charge in [0.1, 0.15) is 0 Å². The van der Waals surface area contributed by atoms with Crippen LogP contribution in [0.1, 0.15) is 89.2 Å². The molecule has 2 N–H and O–H groups in total. The maximum absolute atomic E-state index is 12.2. The van der Waals surface area contributed by atoms with Gasteiger partial charge in [-0.15, -0.1) is 0 Å². The van der Waals surface area contributed by atoms with Crippen molar-refractivity contribution in [3.8, 4) is 23.0 Å². The van der Waals surface area contributed by atoms with Crippen LogP contribution in [0.5, 0.6) is 23.0 Å². The second kappa shape index (κ2) is 19.6. The van der Waals surface area contributed by atoms with Crippen LogP contribution in [-0.4, -0.2) is 39.2 Å². The van der Waals surface area contributed by atoms with Crippen LogP contribution < -0.4 is 29.6 Å². The Hall–Kier alpha value is -3.42. The molecule has 2 amide bonds. The van der Waals surface area contributed by atoms with E-state index >= 15 is 0 Å². The quantitative estimate of drug-likeness (QED) is 0.174. The average Bonchev–Trinajstić information content (AvgIpc) is 2.98. The molecule has 40 heavy (non-hydrogen) atoms. The van der Waals surface area contributed by atoms with Gasteiger partial charge in [-0.25, -0.2) is 0 Å². The first-order valence-electron chi connectivity index (χ1n) is 14.6. The van der Waals surface area contributed by atoms with Crippen molar-refractivity contribution >= 4 is 11.8 Å². The first-order valence-corrected chi connectivity index (χ1v) is 14.6. The fourth-order valence-electron chi connectivity index (χ4n) is 4.16. The summed E-state index contributed by atoms with van der Waals surface area (Å²) in [6, 6.07) is 11.5. The summed E-state index contributed by atoms with van der Waals surface area (Å²) in [5.74, 6) is 2.92. The van der Waals surface area contributed by atoms with Crippen molar-refractivity contribution in [3.63, 3.8) is 0 Å². The van der Waals surface area contributed by atoms with E-state index in [9.17, 15) is 9.59 Å². The SMILES string of the molecule is CCCOc1ccc(CNC(=O)CCCCCCCCC(=O)NCc2ccc(OCCC)c(OC)c2)cc1OC. The van der Waals surface area contributed by atoms with Gasteiger partial charge in [0, 0.05) is 25.9 Å². The van der Waals surface area contributed by atoms with Crippen LogP contribution in [-0.2, 0) is 22.7 Å². The predicted molar refractivity (Wildman–Crippen MR) is 158 cm³/mol. The molecule has 222 valence electrons. The normalized spacial score (nSPS) is 10.6. The highest BCUT2D eigenvalue weighted by atomic mass is 16.5. The minimum Gasteiger partial charge on any atom is -0.493 e. The van der Waals surface area contributed by atoms with E-state index in [2.05, 4.69) is 24.5 Å². The second-order valence-electron chi connectivity index (χ2n) is 9.84. The van der Waals surface area contributed by atoms with Crippen LogP contribution in [0.3, 0.4) is 0 Å². The van der Waals surface area contributed by atoms with Gasteiger partial charge in [-0.2, -0.15) is 0 Å². The van der Waals surface area contributed by atoms with Crippen molar-refractivity contribution in [2.75, 3.05) is 27.4 Å². The maximum atomic E-state index is 12.2. The smallest absolute Gasteiger partial charge is 0.220 e. The van der Waals surface area contributed by atoms with Gasteiger partial charge in [0.05, 0.1) is 27.4 Å². The number of amides is 2. The summed E-state index contributed by atoms with van der Waals surface area (Å²) in [5.41, 5.74) is 1.96. The van der Waals surface area contributed by atoms with Gasteiger partial charge >= 0.3 is 0 Å². The number of ether oxygens (including phenoxy) is 4. The van der Waals surface area contributed by atoms with Crippen molar-refractivity contribution in [3.05, 3.63) is 47.5 Å². The van der Waals surface area contributed by atoms with Crippen molar-refractivity contribution < 1.29 is 28.5 Å². The molecule has 0 aliphatic rings. The van der Waals surface area contributed by atoms with Crippen molar-refractivity contribution in [1.29, 1.82) is 0 Å². The van der Waals surface area contributed by atoms with E-state index in [1.165, 1.54) is 0 Å². The summed E-state index contributed by atoms with van der Waals surface area (Å²) in [5, 5.41) is 5.97. The molecule has 0 saturated carbocycles. The van der Waals surface area contributed by atoms with E-state index in [-0.39, 0.29) is 11.8 Å². The molecule has 0 saturated heterocycles. The lowest BCUT2D eigenvalue weighted by Crippen LogP contribution is -2.22. The molecular weight excluding hydrogens is 508 g/mol. The zero-order valence-electron chi connectivity index (χ0n) is 24.8. The topological polar surface area (TPSA) is 95.1 Å². The Morgan fingerprint density at radius 2 is 1.00 bits per heavy atom. The van der Waals surface area contributed by atoms with Gasteiger partial charge in [-0.1, -0.05) is 51.7 Å². The standard InChI is InChI=1S/C32H48N2O6/c1-5-19-39-27-17-15-25(21-29(27)37-3)23-33-31(35)13-11-9-7-8-10-12-14-32(36)34-24-26-16-18-28(40-20-6-2)30(22-26)38-4/h15-18,21-22H,5-14,19-20,23-24H2,1-4H3,(H,33,35)(H,34,36). The number of nitrogens with one attached hydrogen (secondary N) is 2. The van der Waals surface area contributed by atoms with E-state index in [0.29, 0.717) is 50.6 Å². The van der Waals surface area contributed by atoms with Gasteiger partial charge in [0.25, 0.3) is 0 Å². The molecule has 0 fully saturated rings. The largest absolute Gasteiger partial charge is 0.493 e. The van der Waals surface area contributed by atoms with Crippen LogP contribution in [0.4, 0.5) is 0 Å². The Balaban J connectivity index is 1.52. The number of carbonyl (C=O) groups is 2. The lowest BCUT2D eigenvalue weighted by Gasteiger charge is -2.12. The first kappa shape index (κ1) is 32.8. The number of hydrogen-bond donors (Lipinski definition) is 2. The van der Waals surface area contributed by atoms with Gasteiger partial charge in [-0.3, -0.25) is 9.59 Å². The number of carbonyl (C=O) groups excluding carboxylic acids is 2. The summed E-state index contributed by atoms with van der Waals surface area (Å²) in [7, 11) is 3.24. The first-order chi connectivity index (χ1) is 19.5.